The van der Waals surface area contributed by atoms with Crippen LogP contribution in [0.3, 0.4) is 0 Å². The second-order valence-corrected chi connectivity index (χ2v) is 4.97. The van der Waals surface area contributed by atoms with Gasteiger partial charge in [-0.3, -0.25) is 9.59 Å². The molecule has 0 saturated carbocycles. The van der Waals surface area contributed by atoms with Gasteiger partial charge in [-0.15, -0.1) is 0 Å². The third-order valence-electron chi connectivity index (χ3n) is 3.18. The lowest BCUT2D eigenvalue weighted by molar-refractivity contribution is -0.153. The molecule has 0 aliphatic carbocycles. The van der Waals surface area contributed by atoms with E-state index in [0.29, 0.717) is 12.1 Å². The summed E-state index contributed by atoms with van der Waals surface area (Å²) in [6.45, 7) is 1.57. The molecule has 4 heteroatoms. The van der Waals surface area contributed by atoms with E-state index in [4.69, 9.17) is 4.74 Å². The zero-order valence-electron chi connectivity index (χ0n) is 12.5. The minimum atomic E-state index is -0.816. The largest absolute Gasteiger partial charge is 0.453 e. The Labute approximate surface area is 130 Å². The van der Waals surface area contributed by atoms with Crippen LogP contribution in [-0.4, -0.2) is 18.0 Å². The topological polar surface area (TPSA) is 55.4 Å². The summed E-state index contributed by atoms with van der Waals surface area (Å²) in [7, 11) is 0. The van der Waals surface area contributed by atoms with E-state index in [9.17, 15) is 9.59 Å². The van der Waals surface area contributed by atoms with Gasteiger partial charge in [0.15, 0.2) is 6.10 Å². The molecule has 0 aromatic heterocycles. The number of ether oxygens (including phenoxy) is 1. The normalized spacial score (nSPS) is 11.5. The molecular weight excluding hydrogens is 278 g/mol. The van der Waals surface area contributed by atoms with E-state index in [2.05, 4.69) is 5.32 Å². The van der Waals surface area contributed by atoms with Gasteiger partial charge in [0.1, 0.15) is 0 Å². The molecule has 1 amide bonds. The maximum Gasteiger partial charge on any atom is 0.306 e. The molecule has 2 rings (SSSR count). The van der Waals surface area contributed by atoms with Gasteiger partial charge < -0.3 is 10.1 Å². The number of anilines is 1. The predicted molar refractivity (Wildman–Crippen MR) is 85.4 cm³/mol. The molecule has 0 radical (unpaired) electrons. The SMILES string of the molecule is C[C@@H](OC(=O)CCc1ccccc1)C(=O)Nc1ccccc1. The van der Waals surface area contributed by atoms with Gasteiger partial charge in [-0.05, 0) is 31.0 Å². The second-order valence-electron chi connectivity index (χ2n) is 4.97. The standard InChI is InChI=1S/C18H19NO3/c1-14(18(21)19-16-10-6-3-7-11-16)22-17(20)13-12-15-8-4-2-5-9-15/h2-11,14H,12-13H2,1H3,(H,19,21)/t14-/m1/s1. The van der Waals surface area contributed by atoms with Gasteiger partial charge in [-0.25, -0.2) is 0 Å². The molecule has 0 bridgehead atoms. The molecule has 0 saturated heterocycles. The van der Waals surface area contributed by atoms with Crippen molar-refractivity contribution in [2.45, 2.75) is 25.9 Å². The lowest BCUT2D eigenvalue weighted by Crippen LogP contribution is -2.30. The Kier molecular flexibility index (Phi) is 5.72. The number of rotatable bonds is 6. The monoisotopic (exact) mass is 297 g/mol. The van der Waals surface area contributed by atoms with Crippen LogP contribution in [0.25, 0.3) is 0 Å². The van der Waals surface area contributed by atoms with E-state index in [0.717, 1.165) is 5.56 Å². The van der Waals surface area contributed by atoms with Crippen molar-refractivity contribution in [3.8, 4) is 0 Å². The molecule has 0 fully saturated rings. The van der Waals surface area contributed by atoms with Crippen LogP contribution in [-0.2, 0) is 20.7 Å². The maximum absolute atomic E-state index is 11.9. The van der Waals surface area contributed by atoms with Crippen molar-refractivity contribution in [1.82, 2.24) is 0 Å². The van der Waals surface area contributed by atoms with Gasteiger partial charge in [0.2, 0.25) is 0 Å². The Morgan fingerprint density at radius 2 is 1.59 bits per heavy atom. The molecule has 4 nitrogen and oxygen atoms in total. The molecule has 0 aliphatic heterocycles. The summed E-state index contributed by atoms with van der Waals surface area (Å²) in [5.41, 5.74) is 1.75. The summed E-state index contributed by atoms with van der Waals surface area (Å²) in [6.07, 6.45) is 0.0446. The zero-order valence-corrected chi connectivity index (χ0v) is 12.5. The highest BCUT2D eigenvalue weighted by atomic mass is 16.5. The van der Waals surface area contributed by atoms with E-state index in [1.165, 1.54) is 0 Å². The first kappa shape index (κ1) is 15.8. The Hall–Kier alpha value is -2.62. The maximum atomic E-state index is 11.9. The van der Waals surface area contributed by atoms with Gasteiger partial charge in [-0.1, -0.05) is 48.5 Å². The second kappa shape index (κ2) is 7.98. The van der Waals surface area contributed by atoms with Crippen molar-refractivity contribution in [1.29, 1.82) is 0 Å². The Morgan fingerprint density at radius 3 is 2.23 bits per heavy atom. The molecule has 2 aromatic carbocycles. The number of esters is 1. The number of carbonyl (C=O) groups is 2. The summed E-state index contributed by atoms with van der Waals surface area (Å²) in [6, 6.07) is 18.8. The highest BCUT2D eigenvalue weighted by Gasteiger charge is 2.17. The summed E-state index contributed by atoms with van der Waals surface area (Å²) in [5, 5.41) is 2.70. The third-order valence-corrected chi connectivity index (χ3v) is 3.18. The van der Waals surface area contributed by atoms with Gasteiger partial charge in [0, 0.05) is 12.1 Å². The van der Waals surface area contributed by atoms with Crippen LogP contribution in [0.4, 0.5) is 5.69 Å². The summed E-state index contributed by atoms with van der Waals surface area (Å²) in [4.78, 5) is 23.7. The van der Waals surface area contributed by atoms with E-state index < -0.39 is 6.10 Å². The fraction of sp³-hybridized carbons (Fsp3) is 0.222. The first-order valence-electron chi connectivity index (χ1n) is 7.24. The Balaban J connectivity index is 1.77. The molecular formula is C18H19NO3. The summed E-state index contributed by atoms with van der Waals surface area (Å²) in [5.74, 6) is -0.709. The molecule has 1 atom stereocenters. The fourth-order valence-electron chi connectivity index (χ4n) is 1.97. The van der Waals surface area contributed by atoms with Crippen LogP contribution in [0, 0.1) is 0 Å². The van der Waals surface area contributed by atoms with Gasteiger partial charge in [-0.2, -0.15) is 0 Å². The summed E-state index contributed by atoms with van der Waals surface area (Å²) < 4.78 is 5.16. The quantitative estimate of drug-likeness (QED) is 0.833. The lowest BCUT2D eigenvalue weighted by Gasteiger charge is -2.13. The van der Waals surface area contributed by atoms with Crippen LogP contribution >= 0.6 is 0 Å². The highest BCUT2D eigenvalue weighted by Crippen LogP contribution is 2.08. The van der Waals surface area contributed by atoms with Crippen LogP contribution in [0.5, 0.6) is 0 Å². The molecule has 2 aromatic rings. The average Bonchev–Trinajstić information content (AvgIpc) is 2.55. The molecule has 22 heavy (non-hydrogen) atoms. The van der Waals surface area contributed by atoms with Crippen molar-refractivity contribution in [2.75, 3.05) is 5.32 Å². The molecule has 0 aliphatic rings. The first-order valence-corrected chi connectivity index (χ1v) is 7.24. The number of hydrogen-bond acceptors (Lipinski definition) is 3. The van der Waals surface area contributed by atoms with Crippen LogP contribution < -0.4 is 5.32 Å². The van der Waals surface area contributed by atoms with Crippen LogP contribution in [0.2, 0.25) is 0 Å². The van der Waals surface area contributed by atoms with E-state index >= 15 is 0 Å². The highest BCUT2D eigenvalue weighted by molar-refractivity contribution is 5.95. The fourth-order valence-corrected chi connectivity index (χ4v) is 1.97. The molecule has 1 N–H and O–H groups in total. The van der Waals surface area contributed by atoms with Crippen molar-refractivity contribution in [2.24, 2.45) is 0 Å². The number of aryl methyl sites for hydroxylation is 1. The molecule has 0 unspecified atom stereocenters. The van der Waals surface area contributed by atoms with Gasteiger partial charge in [0.25, 0.3) is 5.91 Å². The van der Waals surface area contributed by atoms with Crippen LogP contribution in [0.15, 0.2) is 60.7 Å². The first-order chi connectivity index (χ1) is 10.6. The number of benzene rings is 2. The number of carbonyl (C=O) groups excluding carboxylic acids is 2. The number of nitrogens with one attached hydrogen (secondary N) is 1. The van der Waals surface area contributed by atoms with E-state index in [1.54, 1.807) is 19.1 Å². The Bertz CT molecular complexity index is 611. The predicted octanol–water partition coefficient (Wildman–Crippen LogP) is 3.19. The minimum Gasteiger partial charge on any atom is -0.453 e. The van der Waals surface area contributed by atoms with Gasteiger partial charge in [0.05, 0.1) is 0 Å². The van der Waals surface area contributed by atoms with Crippen molar-refractivity contribution < 1.29 is 14.3 Å². The zero-order chi connectivity index (χ0) is 15.8. The third kappa shape index (κ3) is 5.05. The lowest BCUT2D eigenvalue weighted by atomic mass is 10.1. The number of para-hydroxylation sites is 1. The molecule has 0 heterocycles. The number of hydrogen-bond donors (Lipinski definition) is 1. The smallest absolute Gasteiger partial charge is 0.306 e. The Morgan fingerprint density at radius 1 is 1.00 bits per heavy atom. The molecule has 114 valence electrons. The van der Waals surface area contributed by atoms with E-state index in [1.807, 2.05) is 48.5 Å². The summed E-state index contributed by atoms with van der Waals surface area (Å²) >= 11 is 0. The van der Waals surface area contributed by atoms with Crippen molar-refractivity contribution in [3.05, 3.63) is 66.2 Å². The number of amides is 1. The van der Waals surface area contributed by atoms with Gasteiger partial charge >= 0.3 is 5.97 Å². The van der Waals surface area contributed by atoms with E-state index in [-0.39, 0.29) is 18.3 Å². The van der Waals surface area contributed by atoms with Crippen molar-refractivity contribution >= 4 is 17.6 Å². The molecule has 0 spiro atoms. The minimum absolute atomic E-state index is 0.257. The average molecular weight is 297 g/mol. The van der Waals surface area contributed by atoms with Crippen LogP contribution in [0.1, 0.15) is 18.9 Å². The van der Waals surface area contributed by atoms with Crippen molar-refractivity contribution in [3.63, 3.8) is 0 Å².